The topological polar surface area (TPSA) is 0 Å². The van der Waals surface area contributed by atoms with E-state index >= 15 is 0 Å². The molecular formula is C14H24Si. The Morgan fingerprint density at radius 1 is 0.867 bits per heavy atom. The van der Waals surface area contributed by atoms with Crippen LogP contribution < -0.4 is 0 Å². The first-order chi connectivity index (χ1) is 7.24. The van der Waals surface area contributed by atoms with Crippen molar-refractivity contribution < 1.29 is 0 Å². The van der Waals surface area contributed by atoms with Crippen LogP contribution in [0.15, 0.2) is 48.1 Å². The van der Waals surface area contributed by atoms with Crippen LogP contribution in [0.2, 0.25) is 0 Å². The van der Waals surface area contributed by atoms with Crippen molar-refractivity contribution in [2.24, 2.45) is 0 Å². The van der Waals surface area contributed by atoms with Gasteiger partial charge in [0.1, 0.15) is 8.07 Å². The minimum absolute atomic E-state index is 1.15. The van der Waals surface area contributed by atoms with Crippen molar-refractivity contribution in [1.29, 1.82) is 0 Å². The zero-order valence-corrected chi connectivity index (χ0v) is 11.2. The van der Waals surface area contributed by atoms with Crippen molar-refractivity contribution in [2.45, 2.75) is 39.5 Å². The molecule has 1 heteroatoms. The van der Waals surface area contributed by atoms with Gasteiger partial charge in [-0.2, -0.15) is 0 Å². The molecule has 0 spiro atoms. The Morgan fingerprint density at radius 3 is 1.53 bits per heavy atom. The quantitative estimate of drug-likeness (QED) is 0.521. The van der Waals surface area contributed by atoms with E-state index in [-0.39, 0.29) is 0 Å². The van der Waals surface area contributed by atoms with Crippen LogP contribution in [0, 0.1) is 0 Å². The summed E-state index contributed by atoms with van der Waals surface area (Å²) >= 11 is 0. The smallest absolute Gasteiger partial charge is 0.106 e. The maximum absolute atomic E-state index is 3.95. The van der Waals surface area contributed by atoms with Gasteiger partial charge in [-0.3, -0.25) is 0 Å². The molecule has 0 aliphatic heterocycles. The molecule has 84 valence electrons. The Bertz CT molecular complexity index is 210. The molecule has 0 radical (unpaired) electrons. The van der Waals surface area contributed by atoms with Crippen LogP contribution in [0.25, 0.3) is 0 Å². The van der Waals surface area contributed by atoms with Gasteiger partial charge in [0.25, 0.3) is 0 Å². The standard InChI is InChI=1S/C14H24Si/c1-5-9-11-13-15(7-3,8-4)14-12-10-6-2/h7-8,11-14H,3-6,9-10H2,1-2H3/b13-11+,14-12+. The molecule has 0 aromatic carbocycles. The maximum atomic E-state index is 3.95. The summed E-state index contributed by atoms with van der Waals surface area (Å²) in [5.41, 5.74) is 8.81. The summed E-state index contributed by atoms with van der Waals surface area (Å²) < 4.78 is 0. The van der Waals surface area contributed by atoms with Crippen molar-refractivity contribution >= 4 is 8.07 Å². The van der Waals surface area contributed by atoms with E-state index in [1.807, 2.05) is 0 Å². The molecule has 0 saturated carbocycles. The molecule has 15 heavy (non-hydrogen) atoms. The van der Waals surface area contributed by atoms with Crippen LogP contribution in [-0.4, -0.2) is 8.07 Å². The molecule has 0 atom stereocenters. The Balaban J connectivity index is 4.56. The highest BCUT2D eigenvalue weighted by Crippen LogP contribution is 2.12. The minimum atomic E-state index is -1.65. The number of allylic oxidation sites excluding steroid dienone is 2. The van der Waals surface area contributed by atoms with Gasteiger partial charge in [-0.1, -0.05) is 61.6 Å². The van der Waals surface area contributed by atoms with E-state index in [0.29, 0.717) is 0 Å². The number of hydrogen-bond acceptors (Lipinski definition) is 0. The lowest BCUT2D eigenvalue weighted by molar-refractivity contribution is 0.958. The lowest BCUT2D eigenvalue weighted by Crippen LogP contribution is -2.24. The summed E-state index contributed by atoms with van der Waals surface area (Å²) in [6, 6.07) is 0. The van der Waals surface area contributed by atoms with Crippen molar-refractivity contribution in [1.82, 2.24) is 0 Å². The number of rotatable bonds is 8. The van der Waals surface area contributed by atoms with Crippen LogP contribution in [0.5, 0.6) is 0 Å². The molecule has 0 aromatic rings. The largest absolute Gasteiger partial charge is 0.148 e. The molecule has 0 fully saturated rings. The molecule has 0 N–H and O–H groups in total. The van der Waals surface area contributed by atoms with E-state index in [1.165, 1.54) is 12.8 Å². The second kappa shape index (κ2) is 8.48. The van der Waals surface area contributed by atoms with Crippen molar-refractivity contribution in [3.05, 3.63) is 48.1 Å². The second-order valence-electron chi connectivity index (χ2n) is 3.79. The molecule has 0 heterocycles. The third kappa shape index (κ3) is 5.58. The summed E-state index contributed by atoms with van der Waals surface area (Å²) in [6.45, 7) is 12.3. The Morgan fingerprint density at radius 2 is 1.27 bits per heavy atom. The fraction of sp³-hybridized carbons (Fsp3) is 0.429. The first-order valence-electron chi connectivity index (χ1n) is 5.87. The number of hydrogen-bond donors (Lipinski definition) is 0. The van der Waals surface area contributed by atoms with Crippen molar-refractivity contribution in [2.75, 3.05) is 0 Å². The molecular weight excluding hydrogens is 196 g/mol. The molecule has 0 saturated heterocycles. The predicted molar refractivity (Wildman–Crippen MR) is 74.2 cm³/mol. The highest BCUT2D eigenvalue weighted by Gasteiger charge is 2.17. The third-order valence-corrected chi connectivity index (χ3v) is 5.47. The van der Waals surface area contributed by atoms with Gasteiger partial charge in [0.2, 0.25) is 0 Å². The number of unbranched alkanes of at least 4 members (excludes halogenated alkanes) is 2. The molecule has 0 amide bonds. The van der Waals surface area contributed by atoms with E-state index in [4.69, 9.17) is 0 Å². The summed E-state index contributed by atoms with van der Waals surface area (Å²) in [5, 5.41) is 0. The van der Waals surface area contributed by atoms with Gasteiger partial charge >= 0.3 is 0 Å². The maximum Gasteiger partial charge on any atom is 0.148 e. The second-order valence-corrected chi connectivity index (χ2v) is 7.27. The molecule has 0 aliphatic rings. The molecule has 0 rings (SSSR count). The van der Waals surface area contributed by atoms with E-state index in [9.17, 15) is 0 Å². The van der Waals surface area contributed by atoms with Crippen LogP contribution in [0.4, 0.5) is 0 Å². The fourth-order valence-electron chi connectivity index (χ4n) is 1.32. The lowest BCUT2D eigenvalue weighted by atomic mass is 10.3. The molecule has 0 unspecified atom stereocenters. The van der Waals surface area contributed by atoms with E-state index in [1.54, 1.807) is 0 Å². The van der Waals surface area contributed by atoms with Crippen LogP contribution in [0.3, 0.4) is 0 Å². The molecule has 0 bridgehead atoms. The SMILES string of the molecule is C=C[Si](C=C)(/C=C/CCC)/C=C/CCC. The van der Waals surface area contributed by atoms with Crippen molar-refractivity contribution in [3.63, 3.8) is 0 Å². The van der Waals surface area contributed by atoms with Gasteiger partial charge in [0.15, 0.2) is 0 Å². The highest BCUT2D eigenvalue weighted by molar-refractivity contribution is 6.97. The van der Waals surface area contributed by atoms with Crippen LogP contribution >= 0.6 is 0 Å². The molecule has 0 aromatic heterocycles. The summed E-state index contributed by atoms with van der Waals surface area (Å²) in [5.74, 6) is 0. The third-order valence-electron chi connectivity index (χ3n) is 2.43. The van der Waals surface area contributed by atoms with E-state index < -0.39 is 8.07 Å². The Kier molecular flexibility index (Phi) is 8.02. The van der Waals surface area contributed by atoms with E-state index in [0.717, 1.165) is 12.8 Å². The van der Waals surface area contributed by atoms with Gasteiger partial charge < -0.3 is 0 Å². The normalized spacial score (nSPS) is 12.4. The fourth-order valence-corrected chi connectivity index (χ4v) is 3.29. The van der Waals surface area contributed by atoms with Crippen LogP contribution in [-0.2, 0) is 0 Å². The average Bonchev–Trinajstić information content (AvgIpc) is 2.28. The monoisotopic (exact) mass is 220 g/mol. The van der Waals surface area contributed by atoms with Crippen LogP contribution in [0.1, 0.15) is 39.5 Å². The summed E-state index contributed by atoms with van der Waals surface area (Å²) in [7, 11) is -1.65. The lowest BCUT2D eigenvalue weighted by Gasteiger charge is -2.14. The Labute approximate surface area is 96.1 Å². The van der Waals surface area contributed by atoms with Gasteiger partial charge in [-0.15, -0.1) is 13.2 Å². The van der Waals surface area contributed by atoms with Gasteiger partial charge in [-0.05, 0) is 12.8 Å². The Hall–Kier alpha value is -0.823. The van der Waals surface area contributed by atoms with Crippen molar-refractivity contribution in [3.8, 4) is 0 Å². The highest BCUT2D eigenvalue weighted by atomic mass is 28.3. The molecule has 0 aliphatic carbocycles. The van der Waals surface area contributed by atoms with Gasteiger partial charge in [0.05, 0.1) is 0 Å². The predicted octanol–water partition coefficient (Wildman–Crippen LogP) is 4.68. The summed E-state index contributed by atoms with van der Waals surface area (Å²) in [4.78, 5) is 0. The van der Waals surface area contributed by atoms with Gasteiger partial charge in [-0.25, -0.2) is 0 Å². The zero-order valence-electron chi connectivity index (χ0n) is 10.2. The zero-order chi connectivity index (χ0) is 11.6. The first-order valence-corrected chi connectivity index (χ1v) is 8.18. The summed E-state index contributed by atoms with van der Waals surface area (Å²) in [6.07, 6.45) is 9.25. The van der Waals surface area contributed by atoms with E-state index in [2.05, 4.69) is 62.0 Å². The first kappa shape index (κ1) is 14.2. The average molecular weight is 220 g/mol. The minimum Gasteiger partial charge on any atom is -0.106 e. The molecule has 0 nitrogen and oxygen atoms in total. The van der Waals surface area contributed by atoms with Gasteiger partial charge in [0, 0.05) is 0 Å².